The molecule has 0 aromatic heterocycles. The first-order chi connectivity index (χ1) is 9.71. The second kappa shape index (κ2) is 5.98. The molecule has 0 saturated carbocycles. The third kappa shape index (κ3) is 4.45. The second-order valence-corrected chi connectivity index (χ2v) is 7.66. The summed E-state index contributed by atoms with van der Waals surface area (Å²) in [5, 5.41) is 7.54. The lowest BCUT2D eigenvalue weighted by atomic mass is 9.79. The predicted octanol–water partition coefficient (Wildman–Crippen LogP) is 3.66. The zero-order chi connectivity index (χ0) is 15.7. The van der Waals surface area contributed by atoms with Gasteiger partial charge in [-0.3, -0.25) is 0 Å². The number of rotatable bonds is 4. The minimum Gasteiger partial charge on any atom is -0.497 e. The van der Waals surface area contributed by atoms with Crippen LogP contribution in [-0.2, 0) is 0 Å². The third-order valence-electron chi connectivity index (χ3n) is 4.29. The molecule has 2 N–H and O–H groups in total. The first-order valence-electron chi connectivity index (χ1n) is 7.90. The Balaban J connectivity index is 2.02. The van der Waals surface area contributed by atoms with E-state index in [1.807, 2.05) is 12.1 Å². The van der Waals surface area contributed by atoms with Crippen molar-refractivity contribution in [2.75, 3.05) is 7.11 Å². The van der Waals surface area contributed by atoms with Gasteiger partial charge in [0.05, 0.1) is 7.11 Å². The summed E-state index contributed by atoms with van der Waals surface area (Å²) in [5.74, 6) is 0.912. The molecule has 1 atom stereocenters. The van der Waals surface area contributed by atoms with Gasteiger partial charge in [0.15, 0.2) is 0 Å². The highest BCUT2D eigenvalue weighted by molar-refractivity contribution is 5.29. The summed E-state index contributed by atoms with van der Waals surface area (Å²) in [7, 11) is 1.70. The van der Waals surface area contributed by atoms with Crippen molar-refractivity contribution in [3.63, 3.8) is 0 Å². The molecule has 2 rings (SSSR count). The Morgan fingerprint density at radius 1 is 1.10 bits per heavy atom. The summed E-state index contributed by atoms with van der Waals surface area (Å²) >= 11 is 0. The quantitative estimate of drug-likeness (QED) is 0.888. The van der Waals surface area contributed by atoms with Crippen LogP contribution in [0, 0.1) is 0 Å². The first kappa shape index (κ1) is 16.3. The molecule has 0 bridgehead atoms. The number of benzene rings is 1. The maximum Gasteiger partial charge on any atom is 0.118 e. The lowest BCUT2D eigenvalue weighted by Crippen LogP contribution is -2.61. The average Bonchev–Trinajstić information content (AvgIpc) is 2.35. The van der Waals surface area contributed by atoms with Crippen molar-refractivity contribution in [3.8, 4) is 5.75 Å². The first-order valence-corrected chi connectivity index (χ1v) is 7.90. The monoisotopic (exact) mass is 290 g/mol. The summed E-state index contributed by atoms with van der Waals surface area (Å²) in [6.45, 7) is 11.4. The Hall–Kier alpha value is -1.06. The third-order valence-corrected chi connectivity index (χ3v) is 4.29. The van der Waals surface area contributed by atoms with Crippen LogP contribution >= 0.6 is 0 Å². The van der Waals surface area contributed by atoms with Gasteiger partial charge in [-0.15, -0.1) is 0 Å². The van der Waals surface area contributed by atoms with Gasteiger partial charge in [0, 0.05) is 23.2 Å². The predicted molar refractivity (Wildman–Crippen MR) is 88.9 cm³/mol. The van der Waals surface area contributed by atoms with Crippen molar-refractivity contribution in [3.05, 3.63) is 29.8 Å². The number of hydrogen-bond acceptors (Lipinski definition) is 3. The highest BCUT2D eigenvalue weighted by Gasteiger charge is 2.37. The number of nitrogens with one attached hydrogen (secondary N) is 2. The molecule has 1 fully saturated rings. The summed E-state index contributed by atoms with van der Waals surface area (Å²) in [5.41, 5.74) is 1.67. The molecule has 1 saturated heterocycles. The highest BCUT2D eigenvalue weighted by atomic mass is 16.5. The number of piperidine rings is 1. The molecule has 1 aliphatic heterocycles. The zero-order valence-electron chi connectivity index (χ0n) is 14.3. The van der Waals surface area contributed by atoms with Crippen LogP contribution < -0.4 is 15.4 Å². The smallest absolute Gasteiger partial charge is 0.118 e. The topological polar surface area (TPSA) is 33.3 Å². The Morgan fingerprint density at radius 3 is 2.10 bits per heavy atom. The van der Waals surface area contributed by atoms with E-state index >= 15 is 0 Å². The Morgan fingerprint density at radius 2 is 1.62 bits per heavy atom. The van der Waals surface area contributed by atoms with Gasteiger partial charge in [-0.1, -0.05) is 12.1 Å². The minimum absolute atomic E-state index is 0.180. The van der Waals surface area contributed by atoms with Gasteiger partial charge in [-0.25, -0.2) is 0 Å². The van der Waals surface area contributed by atoms with Crippen LogP contribution in [0.1, 0.15) is 59.1 Å². The van der Waals surface area contributed by atoms with Gasteiger partial charge < -0.3 is 15.4 Å². The molecule has 1 heterocycles. The molecule has 0 aliphatic carbocycles. The average molecular weight is 290 g/mol. The molecule has 1 aliphatic rings. The van der Waals surface area contributed by atoms with E-state index in [1.165, 1.54) is 5.56 Å². The van der Waals surface area contributed by atoms with E-state index in [0.717, 1.165) is 18.6 Å². The van der Waals surface area contributed by atoms with Gasteiger partial charge in [0.1, 0.15) is 5.75 Å². The van der Waals surface area contributed by atoms with Gasteiger partial charge in [-0.2, -0.15) is 0 Å². The molecule has 118 valence electrons. The van der Waals surface area contributed by atoms with Crippen molar-refractivity contribution in [1.82, 2.24) is 10.6 Å². The van der Waals surface area contributed by atoms with Crippen LogP contribution in [0.15, 0.2) is 24.3 Å². The fourth-order valence-corrected chi connectivity index (χ4v) is 3.78. The van der Waals surface area contributed by atoms with Gasteiger partial charge in [0.2, 0.25) is 0 Å². The number of methoxy groups -OCH3 is 1. The molecule has 21 heavy (non-hydrogen) atoms. The Labute approximate surface area is 129 Å². The van der Waals surface area contributed by atoms with Crippen molar-refractivity contribution in [2.45, 2.75) is 70.6 Å². The summed E-state index contributed by atoms with van der Waals surface area (Å²) in [6.07, 6.45) is 2.30. The van der Waals surface area contributed by atoms with E-state index in [2.05, 4.69) is 57.4 Å². The summed E-state index contributed by atoms with van der Waals surface area (Å²) in [6, 6.07) is 9.24. The molecule has 1 aromatic rings. The van der Waals surface area contributed by atoms with Crippen molar-refractivity contribution < 1.29 is 4.74 Å². The van der Waals surface area contributed by atoms with E-state index in [4.69, 9.17) is 4.74 Å². The normalized spacial score (nSPS) is 22.8. The van der Waals surface area contributed by atoms with E-state index < -0.39 is 0 Å². The van der Waals surface area contributed by atoms with E-state index in [1.54, 1.807) is 7.11 Å². The van der Waals surface area contributed by atoms with Crippen LogP contribution in [0.25, 0.3) is 0 Å². The maximum atomic E-state index is 5.22. The van der Waals surface area contributed by atoms with E-state index in [9.17, 15) is 0 Å². The highest BCUT2D eigenvalue weighted by Crippen LogP contribution is 2.30. The SMILES string of the molecule is COc1ccc(C(C)NC2CC(C)(C)NC(C)(C)C2)cc1. The number of ether oxygens (including phenoxy) is 1. The Kier molecular flexibility index (Phi) is 4.64. The molecule has 0 spiro atoms. The summed E-state index contributed by atoms with van der Waals surface area (Å²) in [4.78, 5) is 0. The van der Waals surface area contributed by atoms with E-state index in [-0.39, 0.29) is 11.1 Å². The lowest BCUT2D eigenvalue weighted by molar-refractivity contribution is 0.141. The van der Waals surface area contributed by atoms with E-state index in [0.29, 0.717) is 12.1 Å². The molecule has 0 amide bonds. The lowest BCUT2D eigenvalue weighted by Gasteiger charge is -2.47. The fourth-order valence-electron chi connectivity index (χ4n) is 3.78. The minimum atomic E-state index is 0.180. The van der Waals surface area contributed by atoms with Crippen molar-refractivity contribution in [2.24, 2.45) is 0 Å². The molecule has 0 radical (unpaired) electrons. The molecule has 3 heteroatoms. The maximum absolute atomic E-state index is 5.22. The largest absolute Gasteiger partial charge is 0.497 e. The van der Waals surface area contributed by atoms with Crippen LogP contribution in [0.5, 0.6) is 5.75 Å². The van der Waals surface area contributed by atoms with Crippen LogP contribution in [0.3, 0.4) is 0 Å². The molecule has 1 unspecified atom stereocenters. The Bertz CT molecular complexity index is 449. The molecular formula is C18H30N2O. The van der Waals surface area contributed by atoms with Crippen LogP contribution in [-0.4, -0.2) is 24.2 Å². The molecular weight excluding hydrogens is 260 g/mol. The summed E-state index contributed by atoms with van der Waals surface area (Å²) < 4.78 is 5.22. The van der Waals surface area contributed by atoms with Crippen LogP contribution in [0.4, 0.5) is 0 Å². The molecule has 1 aromatic carbocycles. The second-order valence-electron chi connectivity index (χ2n) is 7.66. The van der Waals surface area contributed by atoms with Gasteiger partial charge in [0.25, 0.3) is 0 Å². The standard InChI is InChI=1S/C18H30N2O/c1-13(14-7-9-16(21-6)10-8-14)19-15-11-17(2,3)20-18(4,5)12-15/h7-10,13,15,19-20H,11-12H2,1-6H3. The van der Waals surface area contributed by atoms with Crippen molar-refractivity contribution >= 4 is 0 Å². The van der Waals surface area contributed by atoms with Crippen molar-refractivity contribution in [1.29, 1.82) is 0 Å². The molecule has 3 nitrogen and oxygen atoms in total. The van der Waals surface area contributed by atoms with Gasteiger partial charge >= 0.3 is 0 Å². The fraction of sp³-hybridized carbons (Fsp3) is 0.667. The zero-order valence-corrected chi connectivity index (χ0v) is 14.3. The van der Waals surface area contributed by atoms with Crippen LogP contribution in [0.2, 0.25) is 0 Å². The van der Waals surface area contributed by atoms with Gasteiger partial charge in [-0.05, 0) is 65.2 Å². The number of hydrogen-bond donors (Lipinski definition) is 2.